The molecule has 5 aliphatic carbocycles. The van der Waals surface area contributed by atoms with E-state index in [0.717, 1.165) is 87.0 Å². The molecule has 0 saturated heterocycles. The smallest absolute Gasteiger partial charge is 0.309 e. The van der Waals surface area contributed by atoms with Gasteiger partial charge in [0.15, 0.2) is 5.78 Å². The monoisotopic (exact) mass is 801 g/mol. The minimum absolute atomic E-state index is 0.00184. The Hall–Kier alpha value is -3.00. The van der Waals surface area contributed by atoms with Crippen LogP contribution in [-0.2, 0) is 19.1 Å². The summed E-state index contributed by atoms with van der Waals surface area (Å²) in [6.45, 7) is 22.6. The van der Waals surface area contributed by atoms with E-state index >= 15 is 0 Å². The highest BCUT2D eigenvalue weighted by atomic mass is 35.5. The second-order valence-electron chi connectivity index (χ2n) is 21.3. The lowest BCUT2D eigenvalue weighted by Crippen LogP contribution is -2.66. The number of carboxylic acids is 1. The molecule has 57 heavy (non-hydrogen) atoms. The first-order chi connectivity index (χ1) is 26.5. The average molecular weight is 803 g/mol. The number of carbonyl (C=O) groups is 3. The average Bonchev–Trinajstić information content (AvgIpc) is 3.42. The number of aliphatic imine (C=N–C) groups is 2. The third kappa shape index (κ3) is 6.38. The van der Waals surface area contributed by atoms with E-state index in [9.17, 15) is 19.5 Å². The number of hydrogen-bond acceptors (Lipinski definition) is 7. The zero-order chi connectivity index (χ0) is 41.7. The number of ketones is 1. The summed E-state index contributed by atoms with van der Waals surface area (Å²) in [5.41, 5.74) is 4.00. The number of allylic oxidation sites excluding steroid dienone is 4. The lowest BCUT2D eigenvalue weighted by molar-refractivity contribution is -0.232. The lowest BCUT2D eigenvalue weighted by atomic mass is 9.33. The Morgan fingerprint density at radius 1 is 1.00 bits per heavy atom. The number of halogens is 1. The molecular formula is C48H68ClN3O5. The number of likely N-dealkylation sites (N-methyl/N-ethyl adjacent to an activating group) is 1. The molecule has 8 atom stereocenters. The van der Waals surface area contributed by atoms with E-state index in [4.69, 9.17) is 26.3 Å². The number of rotatable bonds is 7. The number of hydrogen-bond donors (Lipinski definition) is 1. The van der Waals surface area contributed by atoms with Gasteiger partial charge in [-0.3, -0.25) is 24.4 Å². The molecule has 0 spiro atoms. The number of fused-ring (bicyclic) bond motifs is 7. The normalized spacial score (nSPS) is 37.9. The molecule has 8 unspecified atom stereocenters. The fourth-order valence-corrected chi connectivity index (χ4v) is 14.3. The number of carbonyl (C=O) groups excluding carboxylic acids is 2. The first kappa shape index (κ1) is 42.1. The van der Waals surface area contributed by atoms with Gasteiger partial charge in [0.25, 0.3) is 0 Å². The van der Waals surface area contributed by atoms with Gasteiger partial charge in [-0.15, -0.1) is 0 Å². The standard InChI is InChI=1S/C48H68ClN3O5/c1-28(2)38-33(53)25-48(41-50-24-19-32(52(41)11)40-29(3)13-12-14-30(49)27-51-40)23-22-46(9)31(39(38)48)15-16-35-45(8)20-18-36(57-37(54)26-43(4,5)42(55)56)44(6,7)34(45)17-21-47(35,46)10/h14,19,27-28,31,34-36H,12-13,15-18,20-26H2,1-11H3,(H,55,56). The van der Waals surface area contributed by atoms with Crippen molar-refractivity contribution < 1.29 is 24.2 Å². The molecule has 8 nitrogen and oxygen atoms in total. The number of aliphatic carboxylic acids is 1. The maximum absolute atomic E-state index is 14.5. The van der Waals surface area contributed by atoms with Crippen LogP contribution in [0.1, 0.15) is 146 Å². The third-order valence-corrected chi connectivity index (χ3v) is 17.5. The van der Waals surface area contributed by atoms with Crippen LogP contribution in [0.2, 0.25) is 0 Å². The molecule has 0 bridgehead atoms. The summed E-state index contributed by atoms with van der Waals surface area (Å²) in [6, 6.07) is 0. The number of carboxylic acid groups (broad SMARTS) is 1. The van der Waals surface area contributed by atoms with Crippen molar-refractivity contribution in [2.75, 3.05) is 13.6 Å². The Bertz CT molecular complexity index is 1930. The Kier molecular flexibility index (Phi) is 10.6. The molecule has 9 heteroatoms. The van der Waals surface area contributed by atoms with E-state index in [1.54, 1.807) is 20.1 Å². The first-order valence-corrected chi connectivity index (χ1v) is 22.2. The molecule has 4 saturated carbocycles. The first-order valence-electron chi connectivity index (χ1n) is 21.8. The molecule has 312 valence electrons. The Morgan fingerprint density at radius 2 is 1.72 bits per heavy atom. The zero-order valence-electron chi connectivity index (χ0n) is 36.6. The summed E-state index contributed by atoms with van der Waals surface area (Å²) in [5.74, 6) is 1.23. The maximum atomic E-state index is 14.5. The predicted molar refractivity (Wildman–Crippen MR) is 228 cm³/mol. The minimum atomic E-state index is -1.17. The summed E-state index contributed by atoms with van der Waals surface area (Å²) < 4.78 is 6.21. The van der Waals surface area contributed by atoms with Gasteiger partial charge in [-0.2, -0.15) is 0 Å². The summed E-state index contributed by atoms with van der Waals surface area (Å²) in [7, 11) is 2.14. The molecular weight excluding hydrogens is 734 g/mol. The number of ether oxygens (including phenoxy) is 1. The molecule has 0 aromatic rings. The van der Waals surface area contributed by atoms with E-state index in [2.05, 4.69) is 73.4 Å². The number of amidine groups is 1. The minimum Gasteiger partial charge on any atom is -0.481 e. The quantitative estimate of drug-likeness (QED) is 0.257. The highest BCUT2D eigenvalue weighted by molar-refractivity contribution is 6.39. The van der Waals surface area contributed by atoms with Crippen LogP contribution in [-0.4, -0.2) is 59.5 Å². The fraction of sp³-hybridized carbons (Fsp3) is 0.729. The van der Waals surface area contributed by atoms with E-state index in [-0.39, 0.29) is 46.0 Å². The number of Topliss-reactive ketones (excluding diaryl/α,β-unsaturated/α-hetero) is 1. The molecule has 1 N–H and O–H groups in total. The van der Waals surface area contributed by atoms with Crippen molar-refractivity contribution in [2.45, 2.75) is 152 Å². The molecule has 7 aliphatic rings. The van der Waals surface area contributed by atoms with E-state index in [0.29, 0.717) is 35.6 Å². The second-order valence-corrected chi connectivity index (χ2v) is 21.7. The molecule has 0 aromatic heterocycles. The van der Waals surface area contributed by atoms with Crippen LogP contribution >= 0.6 is 11.6 Å². The maximum Gasteiger partial charge on any atom is 0.309 e. The Morgan fingerprint density at radius 3 is 2.40 bits per heavy atom. The molecule has 2 heterocycles. The van der Waals surface area contributed by atoms with Crippen LogP contribution in [0.15, 0.2) is 55.3 Å². The van der Waals surface area contributed by atoms with Gasteiger partial charge in [-0.05, 0) is 148 Å². The van der Waals surface area contributed by atoms with Crippen molar-refractivity contribution in [1.82, 2.24) is 4.90 Å². The van der Waals surface area contributed by atoms with E-state index in [1.165, 1.54) is 11.1 Å². The van der Waals surface area contributed by atoms with Crippen LogP contribution in [0, 0.1) is 56.2 Å². The number of esters is 1. The second kappa shape index (κ2) is 14.3. The van der Waals surface area contributed by atoms with Crippen LogP contribution in [0.3, 0.4) is 0 Å². The lowest BCUT2D eigenvalue weighted by Gasteiger charge is -2.72. The van der Waals surface area contributed by atoms with Crippen molar-refractivity contribution >= 4 is 41.4 Å². The predicted octanol–water partition coefficient (Wildman–Crippen LogP) is 10.9. The molecule has 0 aromatic carbocycles. The van der Waals surface area contributed by atoms with Crippen LogP contribution in [0.4, 0.5) is 0 Å². The van der Waals surface area contributed by atoms with Gasteiger partial charge >= 0.3 is 11.9 Å². The van der Waals surface area contributed by atoms with Gasteiger partial charge in [-0.25, -0.2) is 0 Å². The molecule has 7 rings (SSSR count). The molecule has 0 amide bonds. The summed E-state index contributed by atoms with van der Waals surface area (Å²) >= 11 is 6.47. The SMILES string of the molecule is CC1=C(C2=CCN=C(C34CCC5(C)C(CCC6C7(C)CCC(OC(=O)CC(C)(C)C(=O)O)C(C)(C)C7CCC65C)C3=C(C(C)C)C(=O)C4)N2C)N=CC(Cl)=CCC1. The third-order valence-electron chi connectivity index (χ3n) is 17.3. The molecule has 0 radical (unpaired) electrons. The Balaban J connectivity index is 1.21. The number of nitrogens with zero attached hydrogens (tertiary/aromatic N) is 3. The highest BCUT2D eigenvalue weighted by Crippen LogP contribution is 2.77. The van der Waals surface area contributed by atoms with Gasteiger partial charge < -0.3 is 14.7 Å². The van der Waals surface area contributed by atoms with Crippen molar-refractivity contribution in [1.29, 1.82) is 0 Å². The van der Waals surface area contributed by atoms with Gasteiger partial charge in [0, 0.05) is 25.1 Å². The van der Waals surface area contributed by atoms with Crippen LogP contribution in [0.25, 0.3) is 0 Å². The van der Waals surface area contributed by atoms with Gasteiger partial charge in [0.2, 0.25) is 0 Å². The van der Waals surface area contributed by atoms with Crippen LogP contribution < -0.4 is 0 Å². The molecule has 4 fully saturated rings. The van der Waals surface area contributed by atoms with Crippen molar-refractivity contribution in [2.24, 2.45) is 66.1 Å². The zero-order valence-corrected chi connectivity index (χ0v) is 37.4. The van der Waals surface area contributed by atoms with Crippen LogP contribution in [0.5, 0.6) is 0 Å². The summed E-state index contributed by atoms with van der Waals surface area (Å²) in [4.78, 5) is 52.0. The van der Waals surface area contributed by atoms with Crippen molar-refractivity contribution in [3.8, 4) is 0 Å². The van der Waals surface area contributed by atoms with Gasteiger partial charge in [-0.1, -0.05) is 66.1 Å². The largest absolute Gasteiger partial charge is 0.481 e. The van der Waals surface area contributed by atoms with E-state index < -0.39 is 22.8 Å². The summed E-state index contributed by atoms with van der Waals surface area (Å²) in [5, 5.41) is 10.3. The highest BCUT2D eigenvalue weighted by Gasteiger charge is 2.71. The van der Waals surface area contributed by atoms with E-state index in [1.807, 2.05) is 6.08 Å². The fourth-order valence-electron chi connectivity index (χ4n) is 14.1. The Labute approximate surface area is 346 Å². The summed E-state index contributed by atoms with van der Waals surface area (Å²) in [6.07, 6.45) is 15.9. The van der Waals surface area contributed by atoms with Gasteiger partial charge in [0.05, 0.1) is 40.2 Å². The topological polar surface area (TPSA) is 109 Å². The van der Waals surface area contributed by atoms with Crippen molar-refractivity contribution in [3.63, 3.8) is 0 Å². The van der Waals surface area contributed by atoms with Gasteiger partial charge in [0.1, 0.15) is 11.9 Å². The molecule has 2 aliphatic heterocycles. The van der Waals surface area contributed by atoms with Crippen molar-refractivity contribution in [3.05, 3.63) is 45.3 Å².